The molecule has 20 heavy (non-hydrogen) atoms. The van der Waals surface area contributed by atoms with E-state index in [9.17, 15) is 4.79 Å². The summed E-state index contributed by atoms with van der Waals surface area (Å²) < 4.78 is 10.7. The molecule has 0 amide bonds. The molecule has 1 heterocycles. The minimum atomic E-state index is -0.299. The van der Waals surface area contributed by atoms with Gasteiger partial charge in [-0.1, -0.05) is 12.5 Å². The van der Waals surface area contributed by atoms with Gasteiger partial charge in [0.25, 0.3) is 0 Å². The van der Waals surface area contributed by atoms with Crippen molar-refractivity contribution < 1.29 is 14.3 Å². The molecule has 0 radical (unpaired) electrons. The van der Waals surface area contributed by atoms with Crippen LogP contribution in [0.4, 0.5) is 0 Å². The van der Waals surface area contributed by atoms with Gasteiger partial charge in [0.05, 0.1) is 18.8 Å². The molecule has 0 bridgehead atoms. The highest BCUT2D eigenvalue weighted by Crippen LogP contribution is 2.16. The predicted octanol–water partition coefficient (Wildman–Crippen LogP) is 2.77. The van der Waals surface area contributed by atoms with E-state index in [-0.39, 0.29) is 5.97 Å². The van der Waals surface area contributed by atoms with Crippen LogP contribution in [0.1, 0.15) is 43.0 Å². The zero-order valence-electron chi connectivity index (χ0n) is 12.1. The summed E-state index contributed by atoms with van der Waals surface area (Å²) in [4.78, 5) is 11.6. The third kappa shape index (κ3) is 4.53. The molecule has 1 atom stereocenters. The van der Waals surface area contributed by atoms with Crippen LogP contribution in [0, 0.1) is 0 Å². The molecule has 1 aromatic rings. The lowest BCUT2D eigenvalue weighted by molar-refractivity contribution is 0.0526. The first kappa shape index (κ1) is 14.9. The maximum atomic E-state index is 11.6. The fraction of sp³-hybridized carbons (Fsp3) is 0.562. The second-order valence-electron chi connectivity index (χ2n) is 5.03. The first-order chi connectivity index (χ1) is 9.79. The van der Waals surface area contributed by atoms with Crippen molar-refractivity contribution >= 4 is 5.97 Å². The number of hydrogen-bond donors (Lipinski definition) is 1. The van der Waals surface area contributed by atoms with Crippen LogP contribution in [0.15, 0.2) is 24.3 Å². The summed E-state index contributed by atoms with van der Waals surface area (Å²) in [7, 11) is 0. The highest BCUT2D eigenvalue weighted by atomic mass is 16.5. The van der Waals surface area contributed by atoms with Crippen molar-refractivity contribution in [3.63, 3.8) is 0 Å². The average molecular weight is 277 g/mol. The molecule has 1 aliphatic heterocycles. The molecule has 1 aromatic carbocycles. The normalized spacial score (nSPS) is 18.6. The molecule has 1 fully saturated rings. The third-order valence-corrected chi connectivity index (χ3v) is 3.49. The van der Waals surface area contributed by atoms with E-state index in [4.69, 9.17) is 9.47 Å². The summed E-state index contributed by atoms with van der Waals surface area (Å²) >= 11 is 0. The van der Waals surface area contributed by atoms with E-state index in [1.165, 1.54) is 19.3 Å². The number of esters is 1. The van der Waals surface area contributed by atoms with E-state index in [2.05, 4.69) is 5.32 Å². The number of benzene rings is 1. The molecule has 1 aliphatic rings. The van der Waals surface area contributed by atoms with Crippen LogP contribution >= 0.6 is 0 Å². The van der Waals surface area contributed by atoms with Crippen molar-refractivity contribution in [3.05, 3.63) is 29.8 Å². The molecule has 1 unspecified atom stereocenters. The predicted molar refractivity (Wildman–Crippen MR) is 78.2 cm³/mol. The second-order valence-corrected chi connectivity index (χ2v) is 5.03. The van der Waals surface area contributed by atoms with Crippen LogP contribution in [-0.4, -0.2) is 31.8 Å². The number of carbonyl (C=O) groups is 1. The molecule has 4 heteroatoms. The summed E-state index contributed by atoms with van der Waals surface area (Å²) in [5, 5.41) is 3.50. The Hall–Kier alpha value is -1.55. The van der Waals surface area contributed by atoms with Crippen molar-refractivity contribution in [3.8, 4) is 5.75 Å². The monoisotopic (exact) mass is 277 g/mol. The number of nitrogens with one attached hydrogen (secondary N) is 1. The number of hydrogen-bond acceptors (Lipinski definition) is 4. The van der Waals surface area contributed by atoms with Crippen molar-refractivity contribution in [1.82, 2.24) is 5.32 Å². The van der Waals surface area contributed by atoms with Gasteiger partial charge in [0.1, 0.15) is 5.75 Å². The van der Waals surface area contributed by atoms with Gasteiger partial charge in [-0.15, -0.1) is 0 Å². The Labute approximate surface area is 120 Å². The lowest BCUT2D eigenvalue weighted by atomic mass is 10.0. The Morgan fingerprint density at radius 1 is 1.40 bits per heavy atom. The Balaban J connectivity index is 1.80. The fourth-order valence-corrected chi connectivity index (χ4v) is 2.42. The number of piperidine rings is 1. The van der Waals surface area contributed by atoms with Crippen molar-refractivity contribution in [2.45, 2.75) is 38.6 Å². The van der Waals surface area contributed by atoms with E-state index >= 15 is 0 Å². The van der Waals surface area contributed by atoms with Crippen molar-refractivity contribution in [1.29, 1.82) is 0 Å². The molecule has 1 N–H and O–H groups in total. The molecule has 0 spiro atoms. The van der Waals surface area contributed by atoms with Crippen LogP contribution in [0.25, 0.3) is 0 Å². The molecule has 110 valence electrons. The van der Waals surface area contributed by atoms with E-state index in [0.29, 0.717) is 24.8 Å². The summed E-state index contributed by atoms with van der Waals surface area (Å²) in [6, 6.07) is 7.74. The Morgan fingerprint density at radius 2 is 2.30 bits per heavy atom. The van der Waals surface area contributed by atoms with Crippen molar-refractivity contribution in [2.24, 2.45) is 0 Å². The summed E-state index contributed by atoms with van der Waals surface area (Å²) in [5.74, 6) is 0.429. The molecular weight excluding hydrogens is 254 g/mol. The number of carbonyl (C=O) groups excluding carboxylic acids is 1. The smallest absolute Gasteiger partial charge is 0.338 e. The Kier molecular flexibility index (Phi) is 5.87. The van der Waals surface area contributed by atoms with Crippen LogP contribution in [-0.2, 0) is 4.74 Å². The molecule has 0 aliphatic carbocycles. The first-order valence-corrected chi connectivity index (χ1v) is 7.43. The van der Waals surface area contributed by atoms with Crippen LogP contribution in [0.5, 0.6) is 5.75 Å². The minimum absolute atomic E-state index is 0.299. The maximum absolute atomic E-state index is 11.6. The Morgan fingerprint density at radius 3 is 3.05 bits per heavy atom. The maximum Gasteiger partial charge on any atom is 0.338 e. The average Bonchev–Trinajstić information content (AvgIpc) is 2.49. The van der Waals surface area contributed by atoms with Gasteiger partial charge >= 0.3 is 5.97 Å². The van der Waals surface area contributed by atoms with Gasteiger partial charge in [0.15, 0.2) is 0 Å². The largest absolute Gasteiger partial charge is 0.494 e. The van der Waals surface area contributed by atoms with E-state index in [1.807, 2.05) is 12.1 Å². The van der Waals surface area contributed by atoms with Crippen LogP contribution in [0.2, 0.25) is 0 Å². The van der Waals surface area contributed by atoms with Gasteiger partial charge in [-0.2, -0.15) is 0 Å². The van der Waals surface area contributed by atoms with Gasteiger partial charge in [0, 0.05) is 6.04 Å². The molecular formula is C16H23NO3. The third-order valence-electron chi connectivity index (χ3n) is 3.49. The summed E-state index contributed by atoms with van der Waals surface area (Å²) in [6.45, 7) is 3.97. The lowest BCUT2D eigenvalue weighted by Crippen LogP contribution is -2.35. The number of ether oxygens (including phenoxy) is 2. The molecule has 2 rings (SSSR count). The van der Waals surface area contributed by atoms with Gasteiger partial charge < -0.3 is 14.8 Å². The van der Waals surface area contributed by atoms with Gasteiger partial charge in [0.2, 0.25) is 0 Å². The highest BCUT2D eigenvalue weighted by molar-refractivity contribution is 5.89. The van der Waals surface area contributed by atoms with Crippen molar-refractivity contribution in [2.75, 3.05) is 19.8 Å². The fourth-order valence-electron chi connectivity index (χ4n) is 2.42. The Bertz CT molecular complexity index is 427. The minimum Gasteiger partial charge on any atom is -0.494 e. The topological polar surface area (TPSA) is 47.6 Å². The SMILES string of the molecule is CCOC(=O)c1cccc(OCCC2CCCCN2)c1. The van der Waals surface area contributed by atoms with Gasteiger partial charge in [-0.25, -0.2) is 4.79 Å². The quantitative estimate of drug-likeness (QED) is 0.812. The second kappa shape index (κ2) is 7.90. The van der Waals surface area contributed by atoms with E-state index in [1.54, 1.807) is 19.1 Å². The van der Waals surface area contributed by atoms with Crippen LogP contribution in [0.3, 0.4) is 0 Å². The highest BCUT2D eigenvalue weighted by Gasteiger charge is 2.12. The van der Waals surface area contributed by atoms with Gasteiger partial charge in [-0.3, -0.25) is 0 Å². The standard InChI is InChI=1S/C16H23NO3/c1-2-19-16(18)13-6-5-8-15(12-13)20-11-9-14-7-3-4-10-17-14/h5-6,8,12,14,17H,2-4,7,9-11H2,1H3. The summed E-state index contributed by atoms with van der Waals surface area (Å²) in [6.07, 6.45) is 4.81. The first-order valence-electron chi connectivity index (χ1n) is 7.43. The summed E-state index contributed by atoms with van der Waals surface area (Å²) in [5.41, 5.74) is 0.542. The molecule has 0 saturated carbocycles. The molecule has 4 nitrogen and oxygen atoms in total. The zero-order valence-corrected chi connectivity index (χ0v) is 12.1. The van der Waals surface area contributed by atoms with Gasteiger partial charge in [-0.05, 0) is 50.9 Å². The molecule has 0 aromatic heterocycles. The van der Waals surface area contributed by atoms with E-state index in [0.717, 1.165) is 18.7 Å². The van der Waals surface area contributed by atoms with E-state index < -0.39 is 0 Å². The zero-order chi connectivity index (χ0) is 14.2. The lowest BCUT2D eigenvalue weighted by Gasteiger charge is -2.23. The van der Waals surface area contributed by atoms with Crippen LogP contribution < -0.4 is 10.1 Å². The number of rotatable bonds is 6. The molecule has 1 saturated heterocycles.